The van der Waals surface area contributed by atoms with Crippen LogP contribution in [0.25, 0.3) is 0 Å². The van der Waals surface area contributed by atoms with Crippen LogP contribution in [-0.4, -0.2) is 50.8 Å². The molecule has 0 aliphatic carbocycles. The third-order valence-electron chi connectivity index (χ3n) is 4.84. The molecule has 1 aliphatic heterocycles. The lowest BCUT2D eigenvalue weighted by Gasteiger charge is -2.35. The maximum Gasteiger partial charge on any atom is 0.416 e. The Morgan fingerprint density at radius 2 is 1.87 bits per heavy atom. The van der Waals surface area contributed by atoms with Crippen molar-refractivity contribution in [1.29, 1.82) is 0 Å². The van der Waals surface area contributed by atoms with Crippen LogP contribution in [0.2, 0.25) is 0 Å². The zero-order chi connectivity index (χ0) is 20.7. The van der Waals surface area contributed by atoms with E-state index in [1.165, 1.54) is 5.56 Å². The molecular weight excluding hydrogens is 528 g/mol. The van der Waals surface area contributed by atoms with Gasteiger partial charge in [0.25, 0.3) is 0 Å². The first-order valence-corrected chi connectivity index (χ1v) is 10.4. The van der Waals surface area contributed by atoms with E-state index >= 15 is 0 Å². The molecule has 5 nitrogen and oxygen atoms in total. The molecule has 1 aromatic carbocycles. The molecular formula is C20H26F3IN4OS. The van der Waals surface area contributed by atoms with Crippen molar-refractivity contribution in [3.63, 3.8) is 0 Å². The van der Waals surface area contributed by atoms with Crippen LogP contribution in [0.15, 0.2) is 46.1 Å². The highest BCUT2D eigenvalue weighted by Gasteiger charge is 2.31. The molecule has 1 atom stereocenters. The molecule has 0 amide bonds. The second-order valence-electron chi connectivity index (χ2n) is 6.72. The molecule has 2 heterocycles. The molecule has 1 unspecified atom stereocenters. The van der Waals surface area contributed by atoms with Gasteiger partial charge < -0.3 is 15.4 Å². The number of aliphatic imine (C=N–C) groups is 1. The lowest BCUT2D eigenvalue weighted by molar-refractivity contribution is -0.137. The molecule has 0 saturated carbocycles. The minimum Gasteiger partial charge on any atom is -0.379 e. The van der Waals surface area contributed by atoms with Gasteiger partial charge in [0.15, 0.2) is 5.96 Å². The van der Waals surface area contributed by atoms with Crippen LogP contribution in [0.5, 0.6) is 0 Å². The Labute approximate surface area is 195 Å². The maximum absolute atomic E-state index is 12.9. The summed E-state index contributed by atoms with van der Waals surface area (Å²) in [4.78, 5) is 6.48. The van der Waals surface area contributed by atoms with Crippen LogP contribution in [0.1, 0.15) is 22.7 Å². The van der Waals surface area contributed by atoms with E-state index in [-0.39, 0.29) is 30.0 Å². The summed E-state index contributed by atoms with van der Waals surface area (Å²) in [5.41, 5.74) is 1.37. The zero-order valence-electron chi connectivity index (χ0n) is 16.6. The number of alkyl halides is 3. The van der Waals surface area contributed by atoms with Gasteiger partial charge in [0.1, 0.15) is 0 Å². The van der Waals surface area contributed by atoms with Gasteiger partial charge in [-0.3, -0.25) is 9.89 Å². The Morgan fingerprint density at radius 1 is 1.17 bits per heavy atom. The Hall–Kier alpha value is -1.37. The van der Waals surface area contributed by atoms with Crippen molar-refractivity contribution in [2.24, 2.45) is 4.99 Å². The monoisotopic (exact) mass is 554 g/mol. The van der Waals surface area contributed by atoms with E-state index in [0.717, 1.165) is 30.8 Å². The number of halogens is 4. The average Bonchev–Trinajstić information content (AvgIpc) is 3.24. The van der Waals surface area contributed by atoms with E-state index in [2.05, 4.69) is 25.9 Å². The number of morpholine rings is 1. The largest absolute Gasteiger partial charge is 0.416 e. The number of thiophene rings is 1. The van der Waals surface area contributed by atoms with Crippen molar-refractivity contribution < 1.29 is 17.9 Å². The summed E-state index contributed by atoms with van der Waals surface area (Å²) in [5, 5.41) is 10.7. The normalized spacial score (nSPS) is 16.6. The Bertz CT molecular complexity index is 778. The lowest BCUT2D eigenvalue weighted by Crippen LogP contribution is -2.46. The first-order valence-electron chi connectivity index (χ1n) is 9.42. The molecule has 1 saturated heterocycles. The van der Waals surface area contributed by atoms with Crippen LogP contribution >= 0.6 is 35.3 Å². The lowest BCUT2D eigenvalue weighted by atomic mass is 10.0. The Balaban J connectivity index is 0.00000320. The highest BCUT2D eigenvalue weighted by atomic mass is 127. The van der Waals surface area contributed by atoms with Crippen LogP contribution in [0.3, 0.4) is 0 Å². The van der Waals surface area contributed by atoms with E-state index < -0.39 is 11.7 Å². The molecule has 2 N–H and O–H groups in total. The molecule has 0 radical (unpaired) electrons. The predicted molar refractivity (Wildman–Crippen MR) is 125 cm³/mol. The molecule has 166 valence electrons. The summed E-state index contributed by atoms with van der Waals surface area (Å²) in [6, 6.07) is 7.38. The van der Waals surface area contributed by atoms with E-state index in [1.54, 1.807) is 30.5 Å². The summed E-state index contributed by atoms with van der Waals surface area (Å²) >= 11 is 1.64. The summed E-state index contributed by atoms with van der Waals surface area (Å²) in [5.74, 6) is 0.654. The number of benzene rings is 1. The molecule has 1 aromatic heterocycles. The van der Waals surface area contributed by atoms with Crippen molar-refractivity contribution in [2.75, 3.05) is 39.9 Å². The number of nitrogens with zero attached hydrogens (tertiary/aromatic N) is 2. The van der Waals surface area contributed by atoms with Gasteiger partial charge in [0.05, 0.1) is 24.8 Å². The van der Waals surface area contributed by atoms with Crippen LogP contribution in [-0.2, 0) is 17.5 Å². The smallest absolute Gasteiger partial charge is 0.379 e. The number of hydrogen-bond donors (Lipinski definition) is 2. The van der Waals surface area contributed by atoms with Gasteiger partial charge >= 0.3 is 6.18 Å². The second kappa shape index (κ2) is 11.9. The molecule has 30 heavy (non-hydrogen) atoms. The fourth-order valence-electron chi connectivity index (χ4n) is 3.23. The van der Waals surface area contributed by atoms with Crippen molar-refractivity contribution in [1.82, 2.24) is 15.5 Å². The first kappa shape index (κ1) is 24.9. The fourth-order valence-corrected chi connectivity index (χ4v) is 3.90. The molecule has 3 rings (SSSR count). The fraction of sp³-hybridized carbons (Fsp3) is 0.450. The molecule has 0 spiro atoms. The van der Waals surface area contributed by atoms with E-state index in [0.29, 0.717) is 32.3 Å². The quantitative estimate of drug-likeness (QED) is 0.321. The van der Waals surface area contributed by atoms with Gasteiger partial charge in [0, 0.05) is 33.2 Å². The molecule has 10 heteroatoms. The predicted octanol–water partition coefficient (Wildman–Crippen LogP) is 4.12. The number of hydrogen-bond acceptors (Lipinski definition) is 4. The number of guanidine groups is 1. The number of ether oxygens (including phenoxy) is 1. The highest BCUT2D eigenvalue weighted by molar-refractivity contribution is 14.0. The minimum absolute atomic E-state index is 0. The number of nitrogens with one attached hydrogen (secondary N) is 2. The van der Waals surface area contributed by atoms with E-state index in [1.807, 2.05) is 11.4 Å². The standard InChI is InChI=1S/C20H25F3N4OS.HI/c1-24-19(25-12-15-6-11-29-14-15)26-13-18(27-7-9-28-10-8-27)16-2-4-17(5-3-16)20(21,22)23;/h2-6,11,14,18H,7-10,12-13H2,1H3,(H2,24,25,26);1H. The second-order valence-corrected chi connectivity index (χ2v) is 7.50. The van der Waals surface area contributed by atoms with Gasteiger partial charge in [-0.25, -0.2) is 0 Å². The van der Waals surface area contributed by atoms with Gasteiger partial charge in [-0.05, 0) is 40.1 Å². The van der Waals surface area contributed by atoms with Crippen LogP contribution in [0, 0.1) is 0 Å². The minimum atomic E-state index is -4.33. The van der Waals surface area contributed by atoms with Crippen molar-refractivity contribution in [3.8, 4) is 0 Å². The Kier molecular flexibility index (Phi) is 9.85. The van der Waals surface area contributed by atoms with Gasteiger partial charge in [-0.15, -0.1) is 24.0 Å². The van der Waals surface area contributed by atoms with Crippen LogP contribution < -0.4 is 10.6 Å². The van der Waals surface area contributed by atoms with Gasteiger partial charge in [-0.1, -0.05) is 12.1 Å². The van der Waals surface area contributed by atoms with E-state index in [4.69, 9.17) is 4.74 Å². The molecule has 1 aliphatic rings. The zero-order valence-corrected chi connectivity index (χ0v) is 19.8. The molecule has 1 fully saturated rings. The Morgan fingerprint density at radius 3 is 2.43 bits per heavy atom. The van der Waals surface area contributed by atoms with Crippen molar-refractivity contribution in [3.05, 3.63) is 57.8 Å². The van der Waals surface area contributed by atoms with E-state index in [9.17, 15) is 13.2 Å². The third-order valence-corrected chi connectivity index (χ3v) is 5.57. The summed E-state index contributed by atoms with van der Waals surface area (Å²) in [6.07, 6.45) is -4.33. The summed E-state index contributed by atoms with van der Waals surface area (Å²) in [7, 11) is 1.70. The SMILES string of the molecule is CN=C(NCc1ccsc1)NCC(c1ccc(C(F)(F)F)cc1)N1CCOCC1.I. The topological polar surface area (TPSA) is 48.9 Å². The summed E-state index contributed by atoms with van der Waals surface area (Å²) in [6.45, 7) is 3.87. The maximum atomic E-state index is 12.9. The highest BCUT2D eigenvalue weighted by Crippen LogP contribution is 2.31. The first-order chi connectivity index (χ1) is 14.0. The van der Waals surface area contributed by atoms with Crippen molar-refractivity contribution in [2.45, 2.75) is 18.8 Å². The third kappa shape index (κ3) is 7.10. The van der Waals surface area contributed by atoms with Gasteiger partial charge in [0.2, 0.25) is 0 Å². The van der Waals surface area contributed by atoms with Crippen molar-refractivity contribution >= 4 is 41.3 Å². The van der Waals surface area contributed by atoms with Gasteiger partial charge in [-0.2, -0.15) is 24.5 Å². The number of rotatable bonds is 6. The summed E-state index contributed by atoms with van der Waals surface area (Å²) < 4.78 is 44.2. The average molecular weight is 554 g/mol. The molecule has 2 aromatic rings. The van der Waals surface area contributed by atoms with Crippen LogP contribution in [0.4, 0.5) is 13.2 Å². The molecule has 0 bridgehead atoms.